The summed E-state index contributed by atoms with van der Waals surface area (Å²) >= 11 is 0. The van der Waals surface area contributed by atoms with Gasteiger partial charge in [0.2, 0.25) is 0 Å². The minimum absolute atomic E-state index is 0.349. The van der Waals surface area contributed by atoms with E-state index in [9.17, 15) is 22.8 Å². The molecule has 3 aromatic carbocycles. The molecule has 2 saturated heterocycles. The lowest BCUT2D eigenvalue weighted by Gasteiger charge is -2.37. The maximum Gasteiger partial charge on any atom is 0.419 e. The van der Waals surface area contributed by atoms with Crippen molar-refractivity contribution >= 4 is 23.3 Å². The monoisotopic (exact) mass is 562 g/mol. The third kappa shape index (κ3) is 6.05. The molecule has 1 spiro atoms. The lowest BCUT2D eigenvalue weighted by Crippen LogP contribution is -2.45. The van der Waals surface area contributed by atoms with Crippen molar-refractivity contribution in [3.63, 3.8) is 0 Å². The molecule has 0 unspecified atom stereocenters. The normalized spacial score (nSPS) is 17.6. The van der Waals surface area contributed by atoms with Crippen LogP contribution in [0.3, 0.4) is 0 Å². The zero-order chi connectivity index (χ0) is 29.2. The molecule has 41 heavy (non-hydrogen) atoms. The highest BCUT2D eigenvalue weighted by Gasteiger charge is 2.50. The first-order valence-corrected chi connectivity index (χ1v) is 13.2. The van der Waals surface area contributed by atoms with E-state index >= 15 is 0 Å². The fourth-order valence-electron chi connectivity index (χ4n) is 5.27. The molecular formula is C32H29F3N2O4. The standard InChI is InChI=1S/C32H29F3N2O4/c1-22-31(41-30(39)37(22)27-9-4-3-5-10-27)16-19-36(20-17-31)18-15-29(24-11-13-28(14-12-24)40-23(2)38)25-7-6-8-26(21-25)32(33,34)35/h3-15,21H,1,16-20H2,2H3. The Hall–Kier alpha value is -4.37. The Morgan fingerprint density at radius 3 is 2.32 bits per heavy atom. The number of benzene rings is 3. The van der Waals surface area contributed by atoms with Crippen LogP contribution < -0.4 is 9.64 Å². The predicted octanol–water partition coefficient (Wildman–Crippen LogP) is 7.07. The SMILES string of the molecule is C=C1N(c2ccccc2)C(=O)OC12CCN(CC=C(c1ccc(OC(C)=O)cc1)c1cccc(C(F)(F)F)c1)CC2. The Morgan fingerprint density at radius 1 is 1.00 bits per heavy atom. The Kier molecular flexibility index (Phi) is 7.73. The van der Waals surface area contributed by atoms with E-state index in [-0.39, 0.29) is 0 Å². The van der Waals surface area contributed by atoms with Crippen molar-refractivity contribution in [2.75, 3.05) is 24.5 Å². The van der Waals surface area contributed by atoms with Crippen molar-refractivity contribution in [3.8, 4) is 5.75 Å². The Balaban J connectivity index is 1.35. The Labute approximate surface area is 236 Å². The van der Waals surface area contributed by atoms with Crippen LogP contribution in [-0.2, 0) is 15.7 Å². The molecule has 0 aromatic heterocycles. The zero-order valence-corrected chi connectivity index (χ0v) is 22.5. The van der Waals surface area contributed by atoms with Crippen molar-refractivity contribution < 1.29 is 32.2 Å². The van der Waals surface area contributed by atoms with E-state index in [2.05, 4.69) is 11.5 Å². The van der Waals surface area contributed by atoms with E-state index in [1.54, 1.807) is 30.3 Å². The molecule has 0 atom stereocenters. The first kappa shape index (κ1) is 28.2. The van der Waals surface area contributed by atoms with E-state index in [1.807, 2.05) is 36.4 Å². The average Bonchev–Trinajstić information content (AvgIpc) is 3.19. The molecule has 0 saturated carbocycles. The van der Waals surface area contributed by atoms with Gasteiger partial charge < -0.3 is 9.47 Å². The van der Waals surface area contributed by atoms with Crippen LogP contribution in [-0.4, -0.2) is 42.2 Å². The molecule has 0 N–H and O–H groups in total. The highest BCUT2D eigenvalue weighted by atomic mass is 19.4. The smallest absolute Gasteiger partial charge is 0.419 e. The molecule has 1 amide bonds. The molecule has 0 aliphatic carbocycles. The molecule has 6 nitrogen and oxygen atoms in total. The van der Waals surface area contributed by atoms with Crippen LogP contribution in [0.2, 0.25) is 0 Å². The average molecular weight is 563 g/mol. The molecule has 0 radical (unpaired) electrons. The van der Waals surface area contributed by atoms with E-state index in [0.29, 0.717) is 66.3 Å². The number of rotatable bonds is 6. The van der Waals surface area contributed by atoms with Crippen molar-refractivity contribution in [1.82, 2.24) is 4.90 Å². The van der Waals surface area contributed by atoms with Crippen LogP contribution in [0.4, 0.5) is 23.7 Å². The molecule has 2 heterocycles. The van der Waals surface area contributed by atoms with Crippen molar-refractivity contribution in [2.24, 2.45) is 0 Å². The highest BCUT2D eigenvalue weighted by Crippen LogP contribution is 2.43. The number of para-hydroxylation sites is 1. The summed E-state index contributed by atoms with van der Waals surface area (Å²) < 4.78 is 51.5. The molecule has 2 aliphatic heterocycles. The zero-order valence-electron chi connectivity index (χ0n) is 22.5. The summed E-state index contributed by atoms with van der Waals surface area (Å²) in [5.41, 5.74) is 1.52. The fraction of sp³-hybridized carbons (Fsp3) is 0.250. The van der Waals surface area contributed by atoms with E-state index in [1.165, 1.54) is 17.9 Å². The Morgan fingerprint density at radius 2 is 1.68 bits per heavy atom. The second kappa shape index (κ2) is 11.2. The van der Waals surface area contributed by atoms with Crippen LogP contribution in [0.1, 0.15) is 36.5 Å². The lowest BCUT2D eigenvalue weighted by molar-refractivity contribution is -0.137. The number of hydrogen-bond acceptors (Lipinski definition) is 5. The highest BCUT2D eigenvalue weighted by molar-refractivity contribution is 5.95. The molecule has 212 valence electrons. The van der Waals surface area contributed by atoms with Crippen LogP contribution in [0, 0.1) is 0 Å². The van der Waals surface area contributed by atoms with Gasteiger partial charge in [-0.05, 0) is 53.1 Å². The largest absolute Gasteiger partial charge is 0.436 e. The molecular weight excluding hydrogens is 533 g/mol. The van der Waals surface area contributed by atoms with Gasteiger partial charge in [-0.1, -0.05) is 55.1 Å². The summed E-state index contributed by atoms with van der Waals surface area (Å²) in [5.74, 6) is -0.112. The van der Waals surface area contributed by atoms with Gasteiger partial charge in [-0.2, -0.15) is 13.2 Å². The summed E-state index contributed by atoms with van der Waals surface area (Å²) in [6.07, 6.45) is -1.93. The number of anilines is 1. The summed E-state index contributed by atoms with van der Waals surface area (Å²) in [5, 5.41) is 0. The first-order valence-electron chi connectivity index (χ1n) is 13.2. The minimum Gasteiger partial charge on any atom is -0.436 e. The molecule has 2 aliphatic rings. The van der Waals surface area contributed by atoms with Crippen LogP contribution in [0.5, 0.6) is 5.75 Å². The van der Waals surface area contributed by atoms with Crippen LogP contribution in [0.25, 0.3) is 5.57 Å². The topological polar surface area (TPSA) is 59.1 Å². The lowest BCUT2D eigenvalue weighted by atomic mass is 9.88. The van der Waals surface area contributed by atoms with Gasteiger partial charge in [0.05, 0.1) is 16.9 Å². The van der Waals surface area contributed by atoms with Gasteiger partial charge in [0.15, 0.2) is 5.60 Å². The molecule has 5 rings (SSSR count). The summed E-state index contributed by atoms with van der Waals surface area (Å²) in [7, 11) is 0. The summed E-state index contributed by atoms with van der Waals surface area (Å²) in [4.78, 5) is 27.7. The van der Waals surface area contributed by atoms with E-state index < -0.39 is 29.4 Å². The van der Waals surface area contributed by atoms with Gasteiger partial charge in [-0.15, -0.1) is 0 Å². The van der Waals surface area contributed by atoms with Crippen molar-refractivity contribution in [3.05, 3.63) is 114 Å². The third-order valence-electron chi connectivity index (χ3n) is 7.42. The predicted molar refractivity (Wildman–Crippen MR) is 149 cm³/mol. The van der Waals surface area contributed by atoms with Gasteiger partial charge in [0.25, 0.3) is 0 Å². The summed E-state index contributed by atoms with van der Waals surface area (Å²) in [6.45, 7) is 7.17. The van der Waals surface area contributed by atoms with Gasteiger partial charge in [-0.3, -0.25) is 9.69 Å². The van der Waals surface area contributed by atoms with E-state index in [0.717, 1.165) is 12.1 Å². The van der Waals surface area contributed by atoms with Crippen molar-refractivity contribution in [1.29, 1.82) is 0 Å². The maximum atomic E-state index is 13.5. The number of likely N-dealkylation sites (tertiary alicyclic amines) is 1. The number of piperidine rings is 1. The number of esters is 1. The fourth-order valence-corrected chi connectivity index (χ4v) is 5.27. The third-order valence-corrected chi connectivity index (χ3v) is 7.42. The van der Waals surface area contributed by atoms with Crippen LogP contribution in [0.15, 0.2) is 97.2 Å². The van der Waals surface area contributed by atoms with E-state index in [4.69, 9.17) is 9.47 Å². The number of nitrogens with zero attached hydrogens (tertiary/aromatic N) is 2. The second-order valence-corrected chi connectivity index (χ2v) is 10.1. The minimum atomic E-state index is -4.48. The molecule has 9 heteroatoms. The number of carbonyl (C=O) groups excluding carboxylic acids is 2. The number of halogens is 3. The number of carbonyl (C=O) groups is 2. The second-order valence-electron chi connectivity index (χ2n) is 10.1. The van der Waals surface area contributed by atoms with Crippen LogP contribution >= 0.6 is 0 Å². The summed E-state index contributed by atoms with van der Waals surface area (Å²) in [6, 6.07) is 21.1. The van der Waals surface area contributed by atoms with Gasteiger partial charge in [0.1, 0.15) is 5.75 Å². The number of amides is 1. The Bertz CT molecular complexity index is 1470. The van der Waals surface area contributed by atoms with Crippen molar-refractivity contribution in [2.45, 2.75) is 31.5 Å². The number of ether oxygens (including phenoxy) is 2. The van der Waals surface area contributed by atoms with Gasteiger partial charge in [-0.25, -0.2) is 9.69 Å². The maximum absolute atomic E-state index is 13.5. The van der Waals surface area contributed by atoms with Gasteiger partial charge in [0, 0.05) is 39.4 Å². The quantitative estimate of drug-likeness (QED) is 0.238. The molecule has 2 fully saturated rings. The molecule has 3 aromatic rings. The molecule has 0 bridgehead atoms. The number of hydrogen-bond donors (Lipinski definition) is 0. The first-order chi connectivity index (χ1) is 19.6. The number of alkyl halides is 3. The van der Waals surface area contributed by atoms with Gasteiger partial charge >= 0.3 is 18.2 Å².